The molecule has 2 aromatic heterocycles. The second-order valence-corrected chi connectivity index (χ2v) is 12.0. The van der Waals surface area contributed by atoms with Crippen LogP contribution >= 0.6 is 23.5 Å². The lowest BCUT2D eigenvalue weighted by atomic mass is 10.0. The molecule has 25 heteroatoms. The second-order valence-electron chi connectivity index (χ2n) is 8.38. The molecule has 10 N–H and O–H groups in total. The predicted octanol–water partition coefficient (Wildman–Crippen LogP) is -3.17. The summed E-state index contributed by atoms with van der Waals surface area (Å²) in [6.45, 7) is -1.70. The number of aliphatic hydroxyl groups is 2. The van der Waals surface area contributed by atoms with Crippen molar-refractivity contribution in [1.29, 1.82) is 0 Å². The molecule has 0 unspecified atom stereocenters. The van der Waals surface area contributed by atoms with Gasteiger partial charge in [-0.15, -0.1) is 0 Å². The molecule has 0 spiro atoms. The highest BCUT2D eigenvalue weighted by Gasteiger charge is 2.54. The Labute approximate surface area is 222 Å². The third-order valence-electron chi connectivity index (χ3n) is 5.62. The van der Waals surface area contributed by atoms with Gasteiger partial charge in [-0.1, -0.05) is 0 Å². The summed E-state index contributed by atoms with van der Waals surface area (Å²) in [6.07, 6.45) is -12.4. The number of phosphoric acid groups is 3. The summed E-state index contributed by atoms with van der Waals surface area (Å²) in [5.41, 5.74) is 5.90. The number of aromatic nitrogens is 4. The number of ether oxygens (including phenoxy) is 3. The molecule has 226 valence electrons. The fourth-order valence-electron chi connectivity index (χ4n) is 4.16. The maximum Gasteiger partial charge on any atom is 0.470 e. The summed E-state index contributed by atoms with van der Waals surface area (Å²) in [4.78, 5) is 67.6. The number of aliphatic hydroxyl groups excluding tert-OH is 2. The van der Waals surface area contributed by atoms with Gasteiger partial charge in [-0.25, -0.2) is 28.6 Å². The van der Waals surface area contributed by atoms with Crippen LogP contribution in [-0.2, 0) is 41.5 Å². The van der Waals surface area contributed by atoms with Crippen LogP contribution in [0.4, 0.5) is 5.82 Å². The van der Waals surface area contributed by atoms with Gasteiger partial charge in [0.1, 0.15) is 48.5 Å². The fraction of sp³-hybridized carbons (Fsp3) is 0.667. The zero-order chi connectivity index (χ0) is 29.6. The molecule has 2 aromatic rings. The summed E-state index contributed by atoms with van der Waals surface area (Å²) in [6, 6.07) is 0. The highest BCUT2D eigenvalue weighted by atomic mass is 31.2. The average Bonchev–Trinajstić information content (AvgIpc) is 3.37. The van der Waals surface area contributed by atoms with Crippen LogP contribution in [0.1, 0.15) is 6.23 Å². The highest BCUT2D eigenvalue weighted by Crippen LogP contribution is 2.48. The molecule has 0 aliphatic carbocycles. The van der Waals surface area contributed by atoms with Crippen molar-refractivity contribution in [1.82, 2.24) is 19.5 Å². The third-order valence-corrected chi connectivity index (χ3v) is 7.20. The van der Waals surface area contributed by atoms with Gasteiger partial charge < -0.3 is 59.5 Å². The highest BCUT2D eigenvalue weighted by molar-refractivity contribution is 7.46. The summed E-state index contributed by atoms with van der Waals surface area (Å²) in [7, 11) is -16.0. The molecule has 4 heterocycles. The van der Waals surface area contributed by atoms with E-state index in [1.807, 2.05) is 0 Å². The Hall–Kier alpha value is -1.52. The lowest BCUT2D eigenvalue weighted by Crippen LogP contribution is -2.57. The molecule has 0 saturated carbocycles. The molecule has 8 atom stereocenters. The summed E-state index contributed by atoms with van der Waals surface area (Å²) < 4.78 is 66.1. The number of rotatable bonds is 10. The Kier molecular flexibility index (Phi) is 9.14. The molecule has 0 aromatic carbocycles. The van der Waals surface area contributed by atoms with Crippen molar-refractivity contribution in [2.45, 2.75) is 49.1 Å². The lowest BCUT2D eigenvalue weighted by Gasteiger charge is -2.40. The molecule has 4 rings (SSSR count). The first kappa shape index (κ1) is 31.4. The van der Waals surface area contributed by atoms with Crippen LogP contribution in [0.15, 0.2) is 12.7 Å². The first-order valence-electron chi connectivity index (χ1n) is 10.8. The van der Waals surface area contributed by atoms with E-state index in [0.717, 1.165) is 17.2 Å². The van der Waals surface area contributed by atoms with Crippen molar-refractivity contribution in [3.8, 4) is 0 Å². The molecular formula is C15H24N5O17P3. The number of nitrogens with two attached hydrogens (primary N) is 1. The maximum absolute atomic E-state index is 11.9. The Morgan fingerprint density at radius 3 is 2.17 bits per heavy atom. The van der Waals surface area contributed by atoms with Crippen molar-refractivity contribution < 1.29 is 81.1 Å². The number of nitrogen functional groups attached to an aromatic ring is 1. The Bertz CT molecular complexity index is 1340. The minimum absolute atomic E-state index is 0.0376. The van der Waals surface area contributed by atoms with Crippen LogP contribution in [0.25, 0.3) is 11.2 Å². The SMILES string of the molecule is Nc1ncnc2c1ncn2[C@@H]1O[C@H](CO)[C@@H](O[C@H]2OC[C@@H](OP(=O)(O)O)[C@H](OP(=O)(O)O)[C@H]2O)[C@H]1OP(=O)(O)O. The van der Waals surface area contributed by atoms with Crippen LogP contribution in [0.3, 0.4) is 0 Å². The largest absolute Gasteiger partial charge is 0.470 e. The number of nitrogens with zero attached hydrogens (tertiary/aromatic N) is 4. The first-order valence-corrected chi connectivity index (χ1v) is 15.4. The van der Waals surface area contributed by atoms with E-state index in [9.17, 15) is 43.5 Å². The minimum Gasteiger partial charge on any atom is -0.394 e. The van der Waals surface area contributed by atoms with E-state index in [1.54, 1.807) is 0 Å². The molecule has 0 radical (unpaired) electrons. The van der Waals surface area contributed by atoms with Gasteiger partial charge in [0.2, 0.25) is 0 Å². The van der Waals surface area contributed by atoms with E-state index in [0.29, 0.717) is 0 Å². The quantitative estimate of drug-likeness (QED) is 0.116. The molecule has 2 saturated heterocycles. The van der Waals surface area contributed by atoms with Gasteiger partial charge in [0.15, 0.2) is 24.0 Å². The van der Waals surface area contributed by atoms with Gasteiger partial charge in [0.25, 0.3) is 0 Å². The molecule has 2 fully saturated rings. The van der Waals surface area contributed by atoms with Crippen LogP contribution in [0.2, 0.25) is 0 Å². The van der Waals surface area contributed by atoms with E-state index in [2.05, 4.69) is 24.0 Å². The van der Waals surface area contributed by atoms with Crippen molar-refractivity contribution in [2.75, 3.05) is 18.9 Å². The van der Waals surface area contributed by atoms with E-state index in [1.165, 1.54) is 0 Å². The standard InChI is InChI=1S/C15H24N5O17P3/c16-12-7-13(18-3-17-12)20(4-19-7)14-11(37-40(29,30)31)10(5(1-21)33-14)34-15-8(22)9(36-39(26,27)28)6(2-32-15)35-38(23,24)25/h3-6,8-11,14-15,21-22H,1-2H2,(H2,16,17,18)(H2,23,24,25)(H2,26,27,28)(H2,29,30,31)/t5-,6-,8-,9+,10-,11-,14-,15-/m1/s1. The van der Waals surface area contributed by atoms with Gasteiger partial charge in [-0.2, -0.15) is 0 Å². The molecule has 40 heavy (non-hydrogen) atoms. The molecule has 2 aliphatic rings. The fourth-order valence-corrected chi connectivity index (χ4v) is 5.81. The van der Waals surface area contributed by atoms with Gasteiger partial charge in [-0.05, 0) is 0 Å². The lowest BCUT2D eigenvalue weighted by molar-refractivity contribution is -0.286. The molecule has 22 nitrogen and oxygen atoms in total. The number of anilines is 1. The Balaban J connectivity index is 1.66. The van der Waals surface area contributed by atoms with Crippen molar-refractivity contribution in [3.05, 3.63) is 12.7 Å². The smallest absolute Gasteiger partial charge is 0.394 e. The van der Waals surface area contributed by atoms with Gasteiger partial charge >= 0.3 is 23.5 Å². The second kappa shape index (κ2) is 11.6. The molecule has 2 aliphatic heterocycles. The predicted molar refractivity (Wildman–Crippen MR) is 122 cm³/mol. The summed E-state index contributed by atoms with van der Waals surface area (Å²) in [5, 5.41) is 20.7. The van der Waals surface area contributed by atoms with E-state index in [4.69, 9.17) is 34.3 Å². The van der Waals surface area contributed by atoms with Crippen LogP contribution in [-0.4, -0.2) is 115 Å². The monoisotopic (exact) mass is 639 g/mol. The van der Waals surface area contributed by atoms with E-state index in [-0.39, 0.29) is 17.0 Å². The van der Waals surface area contributed by atoms with Crippen molar-refractivity contribution in [3.63, 3.8) is 0 Å². The summed E-state index contributed by atoms with van der Waals surface area (Å²) >= 11 is 0. The van der Waals surface area contributed by atoms with E-state index < -0.39 is 85.8 Å². The van der Waals surface area contributed by atoms with E-state index >= 15 is 0 Å². The van der Waals surface area contributed by atoms with Gasteiger partial charge in [-0.3, -0.25) is 18.1 Å². The molecular weight excluding hydrogens is 615 g/mol. The number of hydrogen-bond acceptors (Lipinski definition) is 15. The minimum atomic E-state index is -5.39. The van der Waals surface area contributed by atoms with Crippen molar-refractivity contribution >= 4 is 40.4 Å². The molecule has 0 amide bonds. The summed E-state index contributed by atoms with van der Waals surface area (Å²) in [5.74, 6) is -0.0392. The number of phosphoric ester groups is 3. The van der Waals surface area contributed by atoms with Gasteiger partial charge in [0.05, 0.1) is 19.5 Å². The van der Waals surface area contributed by atoms with Crippen LogP contribution in [0, 0.1) is 0 Å². The number of imidazole rings is 1. The van der Waals surface area contributed by atoms with Crippen molar-refractivity contribution in [2.24, 2.45) is 0 Å². The number of fused-ring (bicyclic) bond motifs is 1. The zero-order valence-electron chi connectivity index (χ0n) is 19.6. The molecule has 0 bridgehead atoms. The average molecular weight is 639 g/mol. The first-order chi connectivity index (χ1) is 18.5. The van der Waals surface area contributed by atoms with Crippen LogP contribution in [0.5, 0.6) is 0 Å². The topological polar surface area (TPSA) is 338 Å². The Morgan fingerprint density at radius 1 is 0.950 bits per heavy atom. The van der Waals surface area contributed by atoms with Gasteiger partial charge in [0, 0.05) is 0 Å². The third kappa shape index (κ3) is 7.27. The number of hydrogen-bond donors (Lipinski definition) is 9. The normalized spacial score (nSPS) is 32.1. The maximum atomic E-state index is 11.9. The zero-order valence-corrected chi connectivity index (χ0v) is 22.3. The van der Waals surface area contributed by atoms with Crippen LogP contribution < -0.4 is 5.73 Å². The Morgan fingerprint density at radius 2 is 1.57 bits per heavy atom.